The molecule has 21 heavy (non-hydrogen) atoms. The van der Waals surface area contributed by atoms with Crippen LogP contribution in [0.25, 0.3) is 0 Å². The zero-order chi connectivity index (χ0) is 15.2. The lowest BCUT2D eigenvalue weighted by Gasteiger charge is -2.07. The Morgan fingerprint density at radius 2 is 2.24 bits per heavy atom. The Morgan fingerprint density at radius 1 is 1.48 bits per heavy atom. The second-order valence-corrected chi connectivity index (χ2v) is 4.04. The van der Waals surface area contributed by atoms with E-state index in [-0.39, 0.29) is 18.0 Å². The predicted molar refractivity (Wildman–Crippen MR) is 69.3 cm³/mol. The van der Waals surface area contributed by atoms with Gasteiger partial charge in [0.25, 0.3) is 12.7 Å². The second-order valence-electron chi connectivity index (χ2n) is 4.04. The molecule has 1 amide bonds. The summed E-state index contributed by atoms with van der Waals surface area (Å²) in [6, 6.07) is 6.24. The standard InChI is InChI=1S/C12H11N5O4/c18-11-4-2-1-3-9(11)5-13-15-12(19)8-16-7-10(6-14-16)17(20)21/h1-7H,8H2,(H2,13,15,18,19). The molecule has 0 aliphatic carbocycles. The molecule has 0 saturated carbocycles. The maximum absolute atomic E-state index is 11.6. The summed E-state index contributed by atoms with van der Waals surface area (Å²) in [5.74, 6) is -0.693. The highest BCUT2D eigenvalue weighted by Gasteiger charge is 2.17. The highest BCUT2D eigenvalue weighted by atomic mass is 16.6. The highest BCUT2D eigenvalue weighted by molar-refractivity contribution is 5.84. The lowest BCUT2D eigenvalue weighted by molar-refractivity contribution is -0.739. The third kappa shape index (κ3) is 3.86. The van der Waals surface area contributed by atoms with Crippen LogP contribution in [0.3, 0.4) is 0 Å². The Kier molecular flexibility index (Phi) is 4.24. The van der Waals surface area contributed by atoms with Crippen molar-refractivity contribution in [1.82, 2.24) is 10.5 Å². The molecular formula is C12H11N5O4. The predicted octanol–water partition coefficient (Wildman–Crippen LogP) is -0.566. The van der Waals surface area contributed by atoms with Crippen LogP contribution in [-0.2, 0) is 11.3 Å². The van der Waals surface area contributed by atoms with Crippen LogP contribution in [0.2, 0.25) is 0 Å². The van der Waals surface area contributed by atoms with Gasteiger partial charge < -0.3 is 5.11 Å². The molecule has 1 aromatic heterocycles. The van der Waals surface area contributed by atoms with Crippen LogP contribution in [0.5, 0.6) is 5.75 Å². The fourth-order valence-electron chi connectivity index (χ4n) is 1.53. The van der Waals surface area contributed by atoms with Gasteiger partial charge in [-0.2, -0.15) is 10.2 Å². The van der Waals surface area contributed by atoms with Crippen LogP contribution in [0.15, 0.2) is 41.8 Å². The van der Waals surface area contributed by atoms with Crippen LogP contribution >= 0.6 is 0 Å². The third-order valence-corrected chi connectivity index (χ3v) is 2.50. The summed E-state index contributed by atoms with van der Waals surface area (Å²) in [4.78, 5) is 21.5. The van der Waals surface area contributed by atoms with E-state index in [0.29, 0.717) is 5.56 Å². The molecular weight excluding hydrogens is 278 g/mol. The maximum Gasteiger partial charge on any atom is 0.355 e. The van der Waals surface area contributed by atoms with Crippen LogP contribution in [0, 0.1) is 10.1 Å². The van der Waals surface area contributed by atoms with Gasteiger partial charge >= 0.3 is 11.6 Å². The van der Waals surface area contributed by atoms with E-state index in [4.69, 9.17) is 0 Å². The van der Waals surface area contributed by atoms with Gasteiger partial charge in [0.2, 0.25) is 0 Å². The van der Waals surface area contributed by atoms with Gasteiger partial charge in [-0.3, -0.25) is 14.9 Å². The molecule has 108 valence electrons. The van der Waals surface area contributed by atoms with Crippen molar-refractivity contribution >= 4 is 17.8 Å². The molecule has 0 aliphatic rings. The number of aromatic amines is 1. The lowest BCUT2D eigenvalue weighted by Crippen LogP contribution is -2.42. The smallest absolute Gasteiger partial charge is 0.355 e. The number of para-hydroxylation sites is 1. The van der Waals surface area contributed by atoms with E-state index in [1.807, 2.05) is 0 Å². The van der Waals surface area contributed by atoms with Gasteiger partial charge in [-0.1, -0.05) is 30.0 Å². The van der Waals surface area contributed by atoms with E-state index in [1.54, 1.807) is 18.2 Å². The van der Waals surface area contributed by atoms with Crippen molar-refractivity contribution in [2.45, 2.75) is 6.54 Å². The minimum Gasteiger partial charge on any atom is -0.872 e. The molecule has 0 bridgehead atoms. The van der Waals surface area contributed by atoms with Crippen molar-refractivity contribution in [2.24, 2.45) is 5.10 Å². The molecule has 0 fully saturated rings. The van der Waals surface area contributed by atoms with E-state index in [0.717, 1.165) is 0 Å². The van der Waals surface area contributed by atoms with Crippen molar-refractivity contribution in [2.75, 3.05) is 0 Å². The topological polar surface area (TPSA) is 127 Å². The summed E-state index contributed by atoms with van der Waals surface area (Å²) in [6.45, 7) is -0.162. The summed E-state index contributed by atoms with van der Waals surface area (Å²) in [6.07, 6.45) is 3.60. The number of benzene rings is 1. The molecule has 2 rings (SSSR count). The summed E-state index contributed by atoms with van der Waals surface area (Å²) < 4.78 is 1.24. The van der Waals surface area contributed by atoms with Crippen molar-refractivity contribution in [3.63, 3.8) is 0 Å². The van der Waals surface area contributed by atoms with Gasteiger partial charge in [-0.15, -0.1) is 4.68 Å². The summed E-state index contributed by atoms with van der Waals surface area (Å²) in [5.41, 5.74) is 2.43. The number of amides is 1. The van der Waals surface area contributed by atoms with Crippen molar-refractivity contribution in [1.29, 1.82) is 0 Å². The van der Waals surface area contributed by atoms with Crippen LogP contribution < -0.4 is 15.2 Å². The van der Waals surface area contributed by atoms with Crippen LogP contribution in [-0.4, -0.2) is 22.1 Å². The van der Waals surface area contributed by atoms with Crippen LogP contribution in [0.4, 0.5) is 5.69 Å². The Labute approximate surface area is 118 Å². The summed E-state index contributed by atoms with van der Waals surface area (Å²) >= 11 is 0. The minimum atomic E-state index is -0.575. The number of aromatic nitrogens is 2. The number of carbonyl (C=O) groups is 1. The molecule has 0 radical (unpaired) electrons. The van der Waals surface area contributed by atoms with Gasteiger partial charge in [0.15, 0.2) is 0 Å². The molecule has 9 nitrogen and oxygen atoms in total. The zero-order valence-corrected chi connectivity index (χ0v) is 10.7. The Bertz CT molecular complexity index is 694. The lowest BCUT2D eigenvalue weighted by atomic mass is 10.2. The first-order valence-electron chi connectivity index (χ1n) is 5.86. The number of carbonyl (C=O) groups excluding carboxylic acids is 1. The number of nitrogens with zero attached hydrogens (tertiary/aromatic N) is 3. The molecule has 9 heteroatoms. The molecule has 2 aromatic rings. The van der Waals surface area contributed by atoms with Crippen molar-refractivity contribution in [3.05, 3.63) is 52.3 Å². The van der Waals surface area contributed by atoms with E-state index < -0.39 is 10.8 Å². The van der Waals surface area contributed by atoms with Gasteiger partial charge in [0, 0.05) is 0 Å². The van der Waals surface area contributed by atoms with E-state index in [9.17, 15) is 20.0 Å². The Balaban J connectivity index is 1.90. The number of rotatable bonds is 5. The monoisotopic (exact) mass is 289 g/mol. The number of nitrogens with one attached hydrogen (secondary N) is 2. The first kappa shape index (κ1) is 14.2. The molecule has 0 spiro atoms. The molecule has 2 N–H and O–H groups in total. The normalized spacial score (nSPS) is 10.7. The average Bonchev–Trinajstić information content (AvgIpc) is 2.89. The van der Waals surface area contributed by atoms with Gasteiger partial charge in [-0.05, 0) is 5.56 Å². The molecule has 0 atom stereocenters. The van der Waals surface area contributed by atoms with Crippen molar-refractivity contribution in [3.8, 4) is 5.75 Å². The summed E-state index contributed by atoms with van der Waals surface area (Å²) in [5, 5.41) is 28.1. The van der Waals surface area contributed by atoms with Gasteiger partial charge in [-0.25, -0.2) is 5.43 Å². The zero-order valence-electron chi connectivity index (χ0n) is 10.7. The highest BCUT2D eigenvalue weighted by Crippen LogP contribution is 2.08. The number of nitro groups is 1. The van der Waals surface area contributed by atoms with Crippen molar-refractivity contribution < 1.29 is 19.5 Å². The fraction of sp³-hybridized carbons (Fsp3) is 0.0833. The Hall–Kier alpha value is -3.23. The Morgan fingerprint density at radius 3 is 2.90 bits per heavy atom. The number of H-pyrrole nitrogens is 1. The number of hydrogen-bond acceptors (Lipinski definition) is 5. The van der Waals surface area contributed by atoms with Gasteiger partial charge in [0.1, 0.15) is 6.20 Å². The molecule has 0 aliphatic heterocycles. The molecule has 1 aromatic carbocycles. The minimum absolute atomic E-state index is 0.147. The summed E-state index contributed by atoms with van der Waals surface area (Å²) in [7, 11) is 0. The quantitative estimate of drug-likeness (QED) is 0.331. The molecule has 0 saturated heterocycles. The third-order valence-electron chi connectivity index (χ3n) is 2.50. The average molecular weight is 289 g/mol. The van der Waals surface area contributed by atoms with Gasteiger partial charge in [0.05, 0.1) is 11.1 Å². The maximum atomic E-state index is 11.6. The first-order valence-corrected chi connectivity index (χ1v) is 5.86. The number of hydrazone groups is 1. The van der Waals surface area contributed by atoms with E-state index in [1.165, 1.54) is 29.4 Å². The SMILES string of the molecule is O=C(C[n+]1cc([N+](=O)[O-])c[nH]1)NN=Cc1ccccc1[O-]. The fourth-order valence-corrected chi connectivity index (χ4v) is 1.53. The van der Waals surface area contributed by atoms with Crippen LogP contribution in [0.1, 0.15) is 5.56 Å². The molecule has 0 unspecified atom stereocenters. The second kappa shape index (κ2) is 6.28. The number of hydrogen-bond donors (Lipinski definition) is 2. The van der Waals surface area contributed by atoms with E-state index in [2.05, 4.69) is 15.6 Å². The van der Waals surface area contributed by atoms with E-state index >= 15 is 0 Å². The largest absolute Gasteiger partial charge is 0.872 e. The first-order chi connectivity index (χ1) is 10.1. The molecule has 1 heterocycles.